The van der Waals surface area contributed by atoms with E-state index in [9.17, 15) is 9.18 Å². The maximum Gasteiger partial charge on any atom is 0.237 e. The third-order valence-corrected chi connectivity index (χ3v) is 3.93. The summed E-state index contributed by atoms with van der Waals surface area (Å²) in [5.74, 6) is -0.410. The fourth-order valence-corrected chi connectivity index (χ4v) is 2.52. The molecule has 2 rings (SSSR count). The average Bonchev–Trinajstić information content (AvgIpc) is 2.44. The van der Waals surface area contributed by atoms with Crippen LogP contribution >= 0.6 is 11.8 Å². The minimum atomic E-state index is -0.315. The Hall–Kier alpha value is -1.81. The molecule has 2 nitrogen and oxygen atoms in total. The standard InChI is InChI=1S/C16H16FNOS/c1-11-3-9-15(10-4-11)20-12(2)16(19)18-14-7-5-13(17)6-8-14/h3-10,12H,1-2H3,(H,18,19). The van der Waals surface area contributed by atoms with Crippen LogP contribution in [0.25, 0.3) is 0 Å². The molecule has 4 heteroatoms. The number of carbonyl (C=O) groups is 1. The van der Waals surface area contributed by atoms with Crippen LogP contribution in [0.3, 0.4) is 0 Å². The number of nitrogens with one attached hydrogen (secondary N) is 1. The summed E-state index contributed by atoms with van der Waals surface area (Å²) in [6.07, 6.45) is 0. The number of aryl methyl sites for hydroxylation is 1. The number of amides is 1. The Labute approximate surface area is 122 Å². The van der Waals surface area contributed by atoms with E-state index in [-0.39, 0.29) is 17.0 Å². The van der Waals surface area contributed by atoms with Crippen molar-refractivity contribution in [3.05, 3.63) is 59.9 Å². The Morgan fingerprint density at radius 2 is 1.70 bits per heavy atom. The van der Waals surface area contributed by atoms with E-state index in [2.05, 4.69) is 5.32 Å². The van der Waals surface area contributed by atoms with Gasteiger partial charge in [-0.15, -0.1) is 11.8 Å². The van der Waals surface area contributed by atoms with E-state index in [1.165, 1.54) is 29.5 Å². The molecule has 0 saturated heterocycles. The number of hydrogen-bond acceptors (Lipinski definition) is 2. The molecule has 0 fully saturated rings. The molecular weight excluding hydrogens is 273 g/mol. The van der Waals surface area contributed by atoms with Crippen LogP contribution in [-0.2, 0) is 4.79 Å². The second-order valence-electron chi connectivity index (χ2n) is 4.57. The molecule has 0 aliphatic carbocycles. The third kappa shape index (κ3) is 4.10. The average molecular weight is 289 g/mol. The normalized spacial score (nSPS) is 11.9. The SMILES string of the molecule is Cc1ccc(SC(C)C(=O)Nc2ccc(F)cc2)cc1. The largest absolute Gasteiger partial charge is 0.325 e. The van der Waals surface area contributed by atoms with Gasteiger partial charge >= 0.3 is 0 Å². The third-order valence-electron chi connectivity index (χ3n) is 2.81. The fraction of sp³-hybridized carbons (Fsp3) is 0.188. The van der Waals surface area contributed by atoms with Gasteiger partial charge in [-0.25, -0.2) is 4.39 Å². The van der Waals surface area contributed by atoms with Gasteiger partial charge in [-0.05, 0) is 50.2 Å². The van der Waals surface area contributed by atoms with Crippen molar-refractivity contribution in [3.8, 4) is 0 Å². The van der Waals surface area contributed by atoms with Gasteiger partial charge in [0.05, 0.1) is 5.25 Å². The monoisotopic (exact) mass is 289 g/mol. The van der Waals surface area contributed by atoms with Crippen molar-refractivity contribution in [3.63, 3.8) is 0 Å². The number of hydrogen-bond donors (Lipinski definition) is 1. The summed E-state index contributed by atoms with van der Waals surface area (Å²) < 4.78 is 12.8. The lowest BCUT2D eigenvalue weighted by atomic mass is 10.2. The molecule has 104 valence electrons. The van der Waals surface area contributed by atoms with Gasteiger partial charge in [0.15, 0.2) is 0 Å². The highest BCUT2D eigenvalue weighted by Gasteiger charge is 2.14. The first-order chi connectivity index (χ1) is 9.54. The minimum Gasteiger partial charge on any atom is -0.325 e. The van der Waals surface area contributed by atoms with Crippen molar-refractivity contribution in [1.29, 1.82) is 0 Å². The first kappa shape index (κ1) is 14.6. The molecule has 0 radical (unpaired) electrons. The van der Waals surface area contributed by atoms with Crippen LogP contribution in [0.5, 0.6) is 0 Å². The highest BCUT2D eigenvalue weighted by Crippen LogP contribution is 2.24. The van der Waals surface area contributed by atoms with E-state index in [0.717, 1.165) is 4.90 Å². The number of anilines is 1. The summed E-state index contributed by atoms with van der Waals surface area (Å²) >= 11 is 1.50. The number of thioether (sulfide) groups is 1. The summed E-state index contributed by atoms with van der Waals surface area (Å²) in [5, 5.41) is 2.55. The molecule has 1 unspecified atom stereocenters. The van der Waals surface area contributed by atoms with Crippen LogP contribution in [0.2, 0.25) is 0 Å². The summed E-state index contributed by atoms with van der Waals surface area (Å²) in [4.78, 5) is 13.1. The highest BCUT2D eigenvalue weighted by molar-refractivity contribution is 8.00. The summed E-state index contributed by atoms with van der Waals surface area (Å²) in [5.41, 5.74) is 1.80. The van der Waals surface area contributed by atoms with E-state index in [1.807, 2.05) is 38.1 Å². The van der Waals surface area contributed by atoms with E-state index in [0.29, 0.717) is 5.69 Å². The molecule has 1 amide bonds. The summed E-state index contributed by atoms with van der Waals surface area (Å²) in [6, 6.07) is 13.8. The summed E-state index contributed by atoms with van der Waals surface area (Å²) in [7, 11) is 0. The van der Waals surface area contributed by atoms with Crippen molar-refractivity contribution in [1.82, 2.24) is 0 Å². The van der Waals surface area contributed by atoms with Crippen molar-refractivity contribution in [2.24, 2.45) is 0 Å². The number of carbonyl (C=O) groups excluding carboxylic acids is 1. The minimum absolute atomic E-state index is 0.0952. The van der Waals surface area contributed by atoms with Crippen molar-refractivity contribution >= 4 is 23.4 Å². The van der Waals surface area contributed by atoms with Gasteiger partial charge < -0.3 is 5.32 Å². The molecule has 0 saturated carbocycles. The lowest BCUT2D eigenvalue weighted by Crippen LogP contribution is -2.22. The molecule has 2 aromatic rings. The Morgan fingerprint density at radius 3 is 2.30 bits per heavy atom. The predicted molar refractivity (Wildman–Crippen MR) is 81.5 cm³/mol. The lowest BCUT2D eigenvalue weighted by Gasteiger charge is -2.12. The maximum absolute atomic E-state index is 12.8. The highest BCUT2D eigenvalue weighted by atomic mass is 32.2. The Balaban J connectivity index is 1.94. The molecule has 0 heterocycles. The second kappa shape index (κ2) is 6.57. The van der Waals surface area contributed by atoms with Crippen LogP contribution in [0.4, 0.5) is 10.1 Å². The fourth-order valence-electron chi connectivity index (χ4n) is 1.65. The number of benzene rings is 2. The van der Waals surface area contributed by atoms with Gasteiger partial charge in [-0.3, -0.25) is 4.79 Å². The summed E-state index contributed by atoms with van der Waals surface area (Å²) in [6.45, 7) is 3.88. The zero-order chi connectivity index (χ0) is 14.5. The van der Waals surface area contributed by atoms with Crippen LogP contribution in [0.1, 0.15) is 12.5 Å². The molecule has 20 heavy (non-hydrogen) atoms. The van der Waals surface area contributed by atoms with E-state index in [1.54, 1.807) is 12.1 Å². The van der Waals surface area contributed by atoms with Crippen LogP contribution < -0.4 is 5.32 Å². The van der Waals surface area contributed by atoms with Crippen LogP contribution in [0, 0.1) is 12.7 Å². The molecule has 0 aromatic heterocycles. The maximum atomic E-state index is 12.8. The smallest absolute Gasteiger partial charge is 0.237 e. The number of rotatable bonds is 4. The molecule has 2 aromatic carbocycles. The van der Waals surface area contributed by atoms with E-state index in [4.69, 9.17) is 0 Å². The first-order valence-electron chi connectivity index (χ1n) is 6.34. The van der Waals surface area contributed by atoms with Crippen LogP contribution in [-0.4, -0.2) is 11.2 Å². The topological polar surface area (TPSA) is 29.1 Å². The molecule has 0 aliphatic rings. The van der Waals surface area contributed by atoms with Gasteiger partial charge in [-0.1, -0.05) is 17.7 Å². The van der Waals surface area contributed by atoms with Crippen molar-refractivity contribution in [2.75, 3.05) is 5.32 Å². The van der Waals surface area contributed by atoms with Crippen molar-refractivity contribution < 1.29 is 9.18 Å². The molecule has 1 atom stereocenters. The quantitative estimate of drug-likeness (QED) is 0.852. The van der Waals surface area contributed by atoms with Crippen LogP contribution in [0.15, 0.2) is 53.4 Å². The van der Waals surface area contributed by atoms with Gasteiger partial charge in [0.2, 0.25) is 5.91 Å². The van der Waals surface area contributed by atoms with E-state index < -0.39 is 0 Å². The predicted octanol–water partition coefficient (Wildman–Crippen LogP) is 4.25. The zero-order valence-corrected chi connectivity index (χ0v) is 12.2. The molecule has 0 aliphatic heterocycles. The molecular formula is C16H16FNOS. The molecule has 0 spiro atoms. The van der Waals surface area contributed by atoms with Crippen molar-refractivity contribution in [2.45, 2.75) is 24.0 Å². The Kier molecular flexibility index (Phi) is 4.79. The van der Waals surface area contributed by atoms with Gasteiger partial charge in [0, 0.05) is 10.6 Å². The zero-order valence-electron chi connectivity index (χ0n) is 11.4. The number of halogens is 1. The first-order valence-corrected chi connectivity index (χ1v) is 7.22. The Morgan fingerprint density at radius 1 is 1.10 bits per heavy atom. The van der Waals surface area contributed by atoms with E-state index >= 15 is 0 Å². The van der Waals surface area contributed by atoms with Gasteiger partial charge in [0.1, 0.15) is 5.82 Å². The Bertz CT molecular complexity index is 580. The van der Waals surface area contributed by atoms with Gasteiger partial charge in [0.25, 0.3) is 0 Å². The molecule has 0 bridgehead atoms. The second-order valence-corrected chi connectivity index (χ2v) is 5.98. The van der Waals surface area contributed by atoms with Gasteiger partial charge in [-0.2, -0.15) is 0 Å². The molecule has 1 N–H and O–H groups in total. The lowest BCUT2D eigenvalue weighted by molar-refractivity contribution is -0.115.